The smallest absolute Gasteiger partial charge is 0.0722 e. The average molecular weight is 289 g/mol. The minimum absolute atomic E-state index is 0.800. The van der Waals surface area contributed by atoms with E-state index in [-0.39, 0.29) is 0 Å². The number of halogens is 1. The Morgan fingerprint density at radius 1 is 1.15 bits per heavy atom. The van der Waals surface area contributed by atoms with Crippen LogP contribution in [0.25, 0.3) is 10.9 Å². The van der Waals surface area contributed by atoms with E-state index in [0.29, 0.717) is 0 Å². The number of morpholine rings is 1. The lowest BCUT2D eigenvalue weighted by atomic mass is 10.1. The number of hydrogen-bond donors (Lipinski definition) is 0. The highest BCUT2D eigenvalue weighted by atomic mass is 35.5. The van der Waals surface area contributed by atoms with Crippen molar-refractivity contribution in [2.45, 2.75) is 19.3 Å². The summed E-state index contributed by atoms with van der Waals surface area (Å²) in [6, 6.07) is 6.44. The molecule has 1 aliphatic carbocycles. The average Bonchev–Trinajstić information content (AvgIpc) is 2.97. The van der Waals surface area contributed by atoms with Gasteiger partial charge in [0.2, 0.25) is 0 Å². The van der Waals surface area contributed by atoms with E-state index in [9.17, 15) is 0 Å². The van der Waals surface area contributed by atoms with E-state index < -0.39 is 0 Å². The number of aryl methyl sites for hydroxylation is 1. The van der Waals surface area contributed by atoms with Crippen molar-refractivity contribution in [3.05, 3.63) is 34.5 Å². The molecule has 0 amide bonds. The van der Waals surface area contributed by atoms with Gasteiger partial charge < -0.3 is 9.64 Å². The second kappa shape index (κ2) is 4.90. The van der Waals surface area contributed by atoms with Crippen LogP contribution in [0.2, 0.25) is 5.02 Å². The van der Waals surface area contributed by atoms with Gasteiger partial charge in [-0.05, 0) is 43.0 Å². The summed E-state index contributed by atoms with van der Waals surface area (Å²) in [5.41, 5.74) is 4.70. The van der Waals surface area contributed by atoms with Crippen LogP contribution in [-0.2, 0) is 17.6 Å². The summed E-state index contributed by atoms with van der Waals surface area (Å²) in [6.45, 7) is 3.49. The van der Waals surface area contributed by atoms with Crippen LogP contribution >= 0.6 is 11.6 Å². The number of hydrogen-bond acceptors (Lipinski definition) is 3. The Kier molecular flexibility index (Phi) is 3.04. The lowest BCUT2D eigenvalue weighted by Gasteiger charge is -2.29. The molecule has 0 saturated carbocycles. The van der Waals surface area contributed by atoms with Crippen LogP contribution in [0.5, 0.6) is 0 Å². The van der Waals surface area contributed by atoms with Crippen molar-refractivity contribution in [2.75, 3.05) is 31.2 Å². The maximum atomic E-state index is 6.61. The Labute approximate surface area is 123 Å². The molecule has 2 aromatic rings. The fourth-order valence-electron chi connectivity index (χ4n) is 3.21. The van der Waals surface area contributed by atoms with Gasteiger partial charge in [0, 0.05) is 29.9 Å². The minimum Gasteiger partial charge on any atom is -0.378 e. The first-order valence-electron chi connectivity index (χ1n) is 7.26. The summed E-state index contributed by atoms with van der Waals surface area (Å²) in [5.74, 6) is 0. The zero-order chi connectivity index (χ0) is 13.5. The summed E-state index contributed by atoms with van der Waals surface area (Å²) in [6.07, 6.45) is 3.31. The van der Waals surface area contributed by atoms with Gasteiger partial charge >= 0.3 is 0 Å². The Morgan fingerprint density at radius 3 is 2.85 bits per heavy atom. The second-order valence-electron chi connectivity index (χ2n) is 5.51. The predicted octanol–water partition coefficient (Wildman–Crippen LogP) is 3.21. The summed E-state index contributed by atoms with van der Waals surface area (Å²) in [5, 5.41) is 2.01. The van der Waals surface area contributed by atoms with E-state index in [1.54, 1.807) is 0 Å². The zero-order valence-electron chi connectivity index (χ0n) is 11.4. The van der Waals surface area contributed by atoms with Gasteiger partial charge in [-0.1, -0.05) is 11.6 Å². The monoisotopic (exact) mass is 288 g/mol. The van der Waals surface area contributed by atoms with Crippen LogP contribution in [0, 0.1) is 0 Å². The van der Waals surface area contributed by atoms with Crippen LogP contribution < -0.4 is 4.90 Å². The van der Waals surface area contributed by atoms with Gasteiger partial charge in [0.05, 0.1) is 23.8 Å². The van der Waals surface area contributed by atoms with E-state index >= 15 is 0 Å². The van der Waals surface area contributed by atoms with E-state index in [1.165, 1.54) is 23.4 Å². The number of ether oxygens (including phenoxy) is 1. The van der Waals surface area contributed by atoms with E-state index in [2.05, 4.69) is 23.1 Å². The van der Waals surface area contributed by atoms with Gasteiger partial charge in [-0.2, -0.15) is 0 Å². The summed E-state index contributed by atoms with van der Waals surface area (Å²) in [7, 11) is 0. The Morgan fingerprint density at radius 2 is 2.00 bits per heavy atom. The van der Waals surface area contributed by atoms with Crippen LogP contribution in [0.1, 0.15) is 17.7 Å². The molecule has 0 radical (unpaired) electrons. The third-order valence-corrected chi connectivity index (χ3v) is 4.73. The number of anilines is 1. The lowest BCUT2D eigenvalue weighted by Crippen LogP contribution is -2.36. The Bertz CT molecular complexity index is 665. The highest BCUT2D eigenvalue weighted by Crippen LogP contribution is 2.35. The first-order chi connectivity index (χ1) is 9.83. The maximum Gasteiger partial charge on any atom is 0.0722 e. The molecule has 4 heteroatoms. The molecule has 104 valence electrons. The Balaban J connectivity index is 1.82. The molecule has 1 aromatic heterocycles. The van der Waals surface area contributed by atoms with Gasteiger partial charge in [0.1, 0.15) is 0 Å². The van der Waals surface area contributed by atoms with E-state index in [1.807, 2.05) is 0 Å². The number of nitrogens with zero attached hydrogens (tertiary/aromatic N) is 2. The Hall–Kier alpha value is -1.32. The molecular weight excluding hydrogens is 272 g/mol. The highest BCUT2D eigenvalue weighted by molar-refractivity contribution is 6.36. The van der Waals surface area contributed by atoms with E-state index in [0.717, 1.165) is 55.1 Å². The zero-order valence-corrected chi connectivity index (χ0v) is 12.1. The van der Waals surface area contributed by atoms with Crippen molar-refractivity contribution < 1.29 is 4.74 Å². The fourth-order valence-corrected chi connectivity index (χ4v) is 3.57. The van der Waals surface area contributed by atoms with Gasteiger partial charge in [-0.25, -0.2) is 0 Å². The molecule has 0 N–H and O–H groups in total. The van der Waals surface area contributed by atoms with Gasteiger partial charge in [0.15, 0.2) is 0 Å². The number of pyridine rings is 1. The van der Waals surface area contributed by atoms with Crippen molar-refractivity contribution in [3.8, 4) is 0 Å². The molecule has 0 spiro atoms. The van der Waals surface area contributed by atoms with Crippen molar-refractivity contribution in [2.24, 2.45) is 0 Å². The summed E-state index contributed by atoms with van der Waals surface area (Å²) < 4.78 is 5.41. The van der Waals surface area contributed by atoms with Crippen molar-refractivity contribution >= 4 is 28.2 Å². The second-order valence-corrected chi connectivity index (χ2v) is 5.88. The number of benzene rings is 1. The normalized spacial score (nSPS) is 18.6. The molecule has 20 heavy (non-hydrogen) atoms. The first kappa shape index (κ1) is 12.4. The van der Waals surface area contributed by atoms with Crippen LogP contribution in [0.15, 0.2) is 18.2 Å². The van der Waals surface area contributed by atoms with Crippen LogP contribution in [0.3, 0.4) is 0 Å². The molecule has 2 heterocycles. The maximum absolute atomic E-state index is 6.61. The summed E-state index contributed by atoms with van der Waals surface area (Å²) >= 11 is 6.61. The molecular formula is C16H17ClN2O. The molecule has 0 bridgehead atoms. The molecule has 2 aliphatic rings. The van der Waals surface area contributed by atoms with Gasteiger partial charge in [0.25, 0.3) is 0 Å². The third kappa shape index (κ3) is 1.97. The molecule has 1 aliphatic heterocycles. The van der Waals surface area contributed by atoms with Crippen molar-refractivity contribution in [1.82, 2.24) is 4.98 Å². The number of fused-ring (bicyclic) bond motifs is 2. The SMILES string of the molecule is Clc1c2c(nc3ccc(N4CCOCC4)cc13)CCC2. The number of aromatic nitrogens is 1. The van der Waals surface area contributed by atoms with Gasteiger partial charge in [-0.15, -0.1) is 0 Å². The molecule has 1 saturated heterocycles. The molecule has 0 atom stereocenters. The van der Waals surface area contributed by atoms with Crippen LogP contribution in [0.4, 0.5) is 5.69 Å². The van der Waals surface area contributed by atoms with Gasteiger partial charge in [-0.3, -0.25) is 4.98 Å². The number of rotatable bonds is 1. The standard InChI is InChI=1S/C16H17ClN2O/c17-16-12-2-1-3-14(12)18-15-5-4-11(10-13(15)16)19-6-8-20-9-7-19/h4-5,10H,1-3,6-9H2. The van der Waals surface area contributed by atoms with Crippen molar-refractivity contribution in [1.29, 1.82) is 0 Å². The molecule has 3 nitrogen and oxygen atoms in total. The quantitative estimate of drug-likeness (QED) is 0.806. The third-order valence-electron chi connectivity index (χ3n) is 4.30. The topological polar surface area (TPSA) is 25.4 Å². The molecule has 4 rings (SSSR count). The van der Waals surface area contributed by atoms with Crippen LogP contribution in [-0.4, -0.2) is 31.3 Å². The first-order valence-corrected chi connectivity index (χ1v) is 7.64. The minimum atomic E-state index is 0.800. The van der Waals surface area contributed by atoms with Crippen molar-refractivity contribution in [3.63, 3.8) is 0 Å². The predicted molar refractivity (Wildman–Crippen MR) is 81.8 cm³/mol. The lowest BCUT2D eigenvalue weighted by molar-refractivity contribution is 0.122. The molecule has 0 unspecified atom stereocenters. The molecule has 1 fully saturated rings. The molecule has 1 aromatic carbocycles. The van der Waals surface area contributed by atoms with E-state index in [4.69, 9.17) is 21.3 Å². The highest BCUT2D eigenvalue weighted by Gasteiger charge is 2.19. The fraction of sp³-hybridized carbons (Fsp3) is 0.438. The summed E-state index contributed by atoms with van der Waals surface area (Å²) in [4.78, 5) is 7.13. The largest absolute Gasteiger partial charge is 0.378 e.